The Morgan fingerprint density at radius 3 is 2.40 bits per heavy atom. The number of para-hydroxylation sites is 1. The molecule has 0 radical (unpaired) electrons. The van der Waals surface area contributed by atoms with Crippen molar-refractivity contribution in [2.24, 2.45) is 0 Å². The van der Waals surface area contributed by atoms with Crippen LogP contribution in [0.1, 0.15) is 65.2 Å². The smallest absolute Gasteiger partial charge is 0.0480 e. The molecule has 1 saturated carbocycles. The van der Waals surface area contributed by atoms with Crippen molar-refractivity contribution < 1.29 is 0 Å². The van der Waals surface area contributed by atoms with Gasteiger partial charge in [-0.3, -0.25) is 0 Å². The number of anilines is 1. The highest BCUT2D eigenvalue weighted by molar-refractivity contribution is 8.00. The van der Waals surface area contributed by atoms with Crippen LogP contribution in [0.15, 0.2) is 29.2 Å². The first kappa shape index (κ1) is 15.8. The maximum Gasteiger partial charge on any atom is 0.0480 e. The molecule has 0 heterocycles. The predicted molar refractivity (Wildman–Crippen MR) is 91.8 cm³/mol. The summed E-state index contributed by atoms with van der Waals surface area (Å²) in [5.41, 5.74) is 1.36. The van der Waals surface area contributed by atoms with Crippen LogP contribution in [0.25, 0.3) is 0 Å². The number of nitrogens with one attached hydrogen (secondary N) is 1. The topological polar surface area (TPSA) is 12.0 Å². The number of thioether (sulfide) groups is 1. The van der Waals surface area contributed by atoms with Gasteiger partial charge in [0.1, 0.15) is 0 Å². The number of hydrogen-bond donors (Lipinski definition) is 1. The number of hydrogen-bond acceptors (Lipinski definition) is 2. The summed E-state index contributed by atoms with van der Waals surface area (Å²) in [5.74, 6) is 0. The molecule has 2 heteroatoms. The molecule has 0 saturated heterocycles. The fraction of sp³-hybridized carbons (Fsp3) is 0.667. The minimum absolute atomic E-state index is 0.635. The minimum Gasteiger partial charge on any atom is -0.381 e. The Morgan fingerprint density at radius 2 is 1.75 bits per heavy atom. The van der Waals surface area contributed by atoms with Gasteiger partial charge in [-0.1, -0.05) is 51.7 Å². The summed E-state index contributed by atoms with van der Waals surface area (Å²) in [7, 11) is 0. The third kappa shape index (κ3) is 4.73. The second-order valence-corrected chi connectivity index (χ2v) is 7.28. The van der Waals surface area contributed by atoms with Gasteiger partial charge in [-0.25, -0.2) is 0 Å². The van der Waals surface area contributed by atoms with Crippen LogP contribution in [0, 0.1) is 0 Å². The molecule has 0 spiro atoms. The molecule has 0 bridgehead atoms. The third-order valence-electron chi connectivity index (χ3n) is 4.12. The van der Waals surface area contributed by atoms with E-state index in [4.69, 9.17) is 0 Å². The molecule has 0 unspecified atom stereocenters. The standard InChI is InChI=1S/C18H29NS/c1-3-9-15(10-4-2)19-17-13-7-8-14-18(17)20-16-11-5-6-12-16/h7-8,13-16,19H,3-6,9-12H2,1-2H3. The lowest BCUT2D eigenvalue weighted by atomic mass is 10.1. The van der Waals surface area contributed by atoms with Gasteiger partial charge in [0.15, 0.2) is 0 Å². The average molecular weight is 292 g/mol. The molecule has 1 aromatic carbocycles. The van der Waals surface area contributed by atoms with Crippen molar-refractivity contribution in [3.8, 4) is 0 Å². The third-order valence-corrected chi connectivity index (χ3v) is 5.53. The molecule has 20 heavy (non-hydrogen) atoms. The maximum atomic E-state index is 3.80. The highest BCUT2D eigenvalue weighted by atomic mass is 32.2. The van der Waals surface area contributed by atoms with Crippen molar-refractivity contribution >= 4 is 17.4 Å². The van der Waals surface area contributed by atoms with E-state index in [9.17, 15) is 0 Å². The van der Waals surface area contributed by atoms with Gasteiger partial charge in [0.05, 0.1) is 0 Å². The highest BCUT2D eigenvalue weighted by Gasteiger charge is 2.18. The first-order valence-electron chi connectivity index (χ1n) is 8.35. The summed E-state index contributed by atoms with van der Waals surface area (Å²) in [4.78, 5) is 1.46. The molecule has 0 aromatic heterocycles. The highest BCUT2D eigenvalue weighted by Crippen LogP contribution is 2.38. The second kappa shape index (κ2) is 8.61. The van der Waals surface area contributed by atoms with Gasteiger partial charge < -0.3 is 5.32 Å². The Hall–Kier alpha value is -0.630. The SMILES string of the molecule is CCCC(CCC)Nc1ccccc1SC1CCCC1. The van der Waals surface area contributed by atoms with E-state index in [2.05, 4.69) is 55.2 Å². The fourth-order valence-corrected chi connectivity index (χ4v) is 4.42. The van der Waals surface area contributed by atoms with Crippen molar-refractivity contribution in [2.45, 2.75) is 81.4 Å². The van der Waals surface area contributed by atoms with Gasteiger partial charge in [-0.15, -0.1) is 11.8 Å². The molecule has 1 nitrogen and oxygen atoms in total. The molecule has 0 amide bonds. The van der Waals surface area contributed by atoms with E-state index in [1.54, 1.807) is 0 Å². The van der Waals surface area contributed by atoms with Crippen molar-refractivity contribution in [3.63, 3.8) is 0 Å². The lowest BCUT2D eigenvalue weighted by Gasteiger charge is -2.21. The first-order valence-corrected chi connectivity index (χ1v) is 9.23. The van der Waals surface area contributed by atoms with E-state index in [0.717, 1.165) is 5.25 Å². The van der Waals surface area contributed by atoms with Gasteiger partial charge in [0.2, 0.25) is 0 Å². The van der Waals surface area contributed by atoms with Crippen LogP contribution in [-0.4, -0.2) is 11.3 Å². The molecular weight excluding hydrogens is 262 g/mol. The van der Waals surface area contributed by atoms with Crippen LogP contribution in [0.5, 0.6) is 0 Å². The Morgan fingerprint density at radius 1 is 1.10 bits per heavy atom. The van der Waals surface area contributed by atoms with Crippen LogP contribution < -0.4 is 5.32 Å². The second-order valence-electron chi connectivity index (χ2n) is 5.94. The van der Waals surface area contributed by atoms with E-state index >= 15 is 0 Å². The van der Waals surface area contributed by atoms with Crippen LogP contribution >= 0.6 is 11.8 Å². The average Bonchev–Trinajstić information content (AvgIpc) is 2.94. The van der Waals surface area contributed by atoms with Crippen molar-refractivity contribution in [2.75, 3.05) is 5.32 Å². The summed E-state index contributed by atoms with van der Waals surface area (Å²) in [5, 5.41) is 4.64. The number of benzene rings is 1. The summed E-state index contributed by atoms with van der Waals surface area (Å²) in [6.07, 6.45) is 10.7. The molecule has 2 rings (SSSR count). The quantitative estimate of drug-likeness (QED) is 0.621. The van der Waals surface area contributed by atoms with E-state index in [1.165, 1.54) is 61.9 Å². The van der Waals surface area contributed by atoms with E-state index in [-0.39, 0.29) is 0 Å². The molecule has 1 aliphatic carbocycles. The molecule has 1 aromatic rings. The number of rotatable bonds is 8. The largest absolute Gasteiger partial charge is 0.381 e. The first-order chi connectivity index (χ1) is 9.83. The van der Waals surface area contributed by atoms with Gasteiger partial charge >= 0.3 is 0 Å². The molecule has 1 fully saturated rings. The van der Waals surface area contributed by atoms with Crippen LogP contribution in [0.2, 0.25) is 0 Å². The molecule has 0 aliphatic heterocycles. The summed E-state index contributed by atoms with van der Waals surface area (Å²) in [6.45, 7) is 4.56. The molecule has 112 valence electrons. The van der Waals surface area contributed by atoms with Crippen LogP contribution in [0.4, 0.5) is 5.69 Å². The van der Waals surface area contributed by atoms with Gasteiger partial charge in [0, 0.05) is 21.9 Å². The van der Waals surface area contributed by atoms with Gasteiger partial charge in [-0.2, -0.15) is 0 Å². The van der Waals surface area contributed by atoms with E-state index in [0.29, 0.717) is 6.04 Å². The Kier molecular flexibility index (Phi) is 6.78. The zero-order valence-corrected chi connectivity index (χ0v) is 13.8. The van der Waals surface area contributed by atoms with Gasteiger partial charge in [0.25, 0.3) is 0 Å². The lowest BCUT2D eigenvalue weighted by molar-refractivity contribution is 0.585. The fourth-order valence-electron chi connectivity index (χ4n) is 3.08. The van der Waals surface area contributed by atoms with Crippen molar-refractivity contribution in [3.05, 3.63) is 24.3 Å². The minimum atomic E-state index is 0.635. The molecular formula is C18H29NS. The Balaban J connectivity index is 2.01. The summed E-state index contributed by atoms with van der Waals surface area (Å²) in [6, 6.07) is 9.53. The molecule has 1 N–H and O–H groups in total. The zero-order valence-electron chi connectivity index (χ0n) is 13.0. The van der Waals surface area contributed by atoms with Gasteiger partial charge in [-0.05, 0) is 37.8 Å². The maximum absolute atomic E-state index is 3.80. The Labute approximate surface area is 128 Å². The predicted octanol–water partition coefficient (Wildman–Crippen LogP) is 6.10. The monoisotopic (exact) mass is 291 g/mol. The van der Waals surface area contributed by atoms with Crippen LogP contribution in [0.3, 0.4) is 0 Å². The Bertz CT molecular complexity index is 379. The zero-order chi connectivity index (χ0) is 14.2. The normalized spacial score (nSPS) is 15.9. The van der Waals surface area contributed by atoms with E-state index in [1.807, 2.05) is 0 Å². The van der Waals surface area contributed by atoms with Crippen molar-refractivity contribution in [1.82, 2.24) is 0 Å². The van der Waals surface area contributed by atoms with E-state index < -0.39 is 0 Å². The van der Waals surface area contributed by atoms with Crippen LogP contribution in [-0.2, 0) is 0 Å². The summed E-state index contributed by atoms with van der Waals surface area (Å²) >= 11 is 2.09. The molecule has 1 aliphatic rings. The van der Waals surface area contributed by atoms with Crippen molar-refractivity contribution in [1.29, 1.82) is 0 Å². The lowest BCUT2D eigenvalue weighted by Crippen LogP contribution is -2.19. The molecule has 0 atom stereocenters. The summed E-state index contributed by atoms with van der Waals surface area (Å²) < 4.78 is 0.